The van der Waals surface area contributed by atoms with Crippen molar-refractivity contribution in [2.45, 2.75) is 13.8 Å². The summed E-state index contributed by atoms with van der Waals surface area (Å²) in [6.45, 7) is 4.61. The van der Waals surface area contributed by atoms with Crippen molar-refractivity contribution >= 4 is 75.8 Å². The van der Waals surface area contributed by atoms with E-state index in [0.29, 0.717) is 5.92 Å². The van der Waals surface area contributed by atoms with Gasteiger partial charge in [-0.15, -0.1) is 0 Å². The van der Waals surface area contributed by atoms with Crippen molar-refractivity contribution in [1.82, 2.24) is 0 Å². The normalized spacial score (nSPS) is 16.8. The second-order valence-corrected chi connectivity index (χ2v) is 14.8. The summed E-state index contributed by atoms with van der Waals surface area (Å²) in [4.78, 5) is 0. The van der Waals surface area contributed by atoms with E-state index >= 15 is 0 Å². The van der Waals surface area contributed by atoms with E-state index in [9.17, 15) is 0 Å². The van der Waals surface area contributed by atoms with Crippen LogP contribution >= 0.6 is 0 Å². The quantitative estimate of drug-likeness (QED) is 0.162. The number of fused-ring (bicyclic) bond motifs is 8. The second-order valence-electron chi connectivity index (χ2n) is 14.8. The van der Waals surface area contributed by atoms with Crippen LogP contribution in [0.4, 0.5) is 0 Å². The lowest BCUT2D eigenvalue weighted by Gasteiger charge is -2.33. The molecule has 0 radical (unpaired) electrons. The van der Waals surface area contributed by atoms with E-state index in [1.165, 1.54) is 108 Å². The van der Waals surface area contributed by atoms with Crippen LogP contribution in [0.25, 0.3) is 86.9 Å². The molecule has 0 heteroatoms. The molecule has 0 amide bonds. The molecule has 0 spiro atoms. The van der Waals surface area contributed by atoms with Crippen LogP contribution in [-0.2, 0) is 0 Å². The van der Waals surface area contributed by atoms with Gasteiger partial charge in [-0.25, -0.2) is 0 Å². The van der Waals surface area contributed by atoms with E-state index < -0.39 is 0 Å². The van der Waals surface area contributed by atoms with Crippen LogP contribution in [-0.4, -0.2) is 0 Å². The maximum atomic E-state index is 2.51. The van der Waals surface area contributed by atoms with Gasteiger partial charge in [0.25, 0.3) is 0 Å². The summed E-state index contributed by atoms with van der Waals surface area (Å²) in [5.74, 6) is 0.602. The molecule has 0 saturated carbocycles. The van der Waals surface area contributed by atoms with Crippen molar-refractivity contribution < 1.29 is 0 Å². The van der Waals surface area contributed by atoms with Crippen LogP contribution in [0.3, 0.4) is 0 Å². The molecule has 9 aromatic rings. The third-order valence-electron chi connectivity index (χ3n) is 12.2. The number of hydrogen-bond acceptors (Lipinski definition) is 0. The molecule has 11 rings (SSSR count). The Hall–Kier alpha value is -6.24. The van der Waals surface area contributed by atoms with Gasteiger partial charge >= 0.3 is 0 Å². The minimum atomic E-state index is 0.266. The van der Waals surface area contributed by atoms with Gasteiger partial charge in [-0.05, 0) is 141 Å². The summed E-state index contributed by atoms with van der Waals surface area (Å²) in [5, 5.41) is 18.3. The standard InChI is InChI=1S/C52H36/c1-31-37-17-7-11-23-43(37)51(44-24-12-8-18-38(31)44)49-41-21-5-3-15-33(41)27-35-30-48-36(29-47(35)49)28-34-16-4-6-22-42(34)50(48)52-45-25-13-9-19-39(45)32(2)40-20-10-14-26-46(40)52/h3-30,37,43H,1-2H3. The van der Waals surface area contributed by atoms with Gasteiger partial charge in [0.1, 0.15) is 0 Å². The van der Waals surface area contributed by atoms with Crippen LogP contribution in [0.15, 0.2) is 170 Å². The third-order valence-corrected chi connectivity index (χ3v) is 12.2. The SMILES string of the molecule is CC1=c2ccccc2=C(c2c3ccccc3cc3cc4c(-c5c6ccccc6c(C)c6ccccc56)c5ccccc5cc4cc23)C2C=CC=CC12. The topological polar surface area (TPSA) is 0 Å². The first-order valence-corrected chi connectivity index (χ1v) is 18.5. The lowest BCUT2D eigenvalue weighted by molar-refractivity contribution is 0.682. The molecule has 0 saturated heterocycles. The highest BCUT2D eigenvalue weighted by Crippen LogP contribution is 2.48. The summed E-state index contributed by atoms with van der Waals surface area (Å²) in [5.41, 5.74) is 8.23. The van der Waals surface area contributed by atoms with Crippen LogP contribution in [0.2, 0.25) is 0 Å². The van der Waals surface area contributed by atoms with Gasteiger partial charge in [0.15, 0.2) is 0 Å². The molecule has 0 heterocycles. The molecule has 0 nitrogen and oxygen atoms in total. The predicted molar refractivity (Wildman–Crippen MR) is 224 cm³/mol. The number of benzene rings is 9. The summed E-state index contributed by atoms with van der Waals surface area (Å²) in [7, 11) is 0. The van der Waals surface area contributed by atoms with Crippen molar-refractivity contribution in [2.75, 3.05) is 0 Å². The van der Waals surface area contributed by atoms with E-state index in [2.05, 4.69) is 184 Å². The first kappa shape index (κ1) is 29.5. The van der Waals surface area contributed by atoms with E-state index in [0.717, 1.165) is 0 Å². The number of rotatable bonds is 2. The summed E-state index contributed by atoms with van der Waals surface area (Å²) in [6.07, 6.45) is 9.33. The molecule has 0 N–H and O–H groups in total. The fraction of sp³-hybridized carbons (Fsp3) is 0.0769. The van der Waals surface area contributed by atoms with E-state index in [1.807, 2.05) is 0 Å². The smallest absolute Gasteiger partial charge is 0.0134 e. The first-order valence-electron chi connectivity index (χ1n) is 18.5. The monoisotopic (exact) mass is 660 g/mol. The van der Waals surface area contributed by atoms with Crippen molar-refractivity contribution in [1.29, 1.82) is 0 Å². The Morgan fingerprint density at radius 2 is 0.788 bits per heavy atom. The maximum absolute atomic E-state index is 2.51. The Morgan fingerprint density at radius 3 is 1.40 bits per heavy atom. The van der Waals surface area contributed by atoms with Gasteiger partial charge < -0.3 is 0 Å². The zero-order valence-electron chi connectivity index (χ0n) is 29.3. The third kappa shape index (κ3) is 4.10. The minimum Gasteiger partial charge on any atom is -0.0764 e. The molecule has 0 bridgehead atoms. The van der Waals surface area contributed by atoms with Gasteiger partial charge in [-0.1, -0.05) is 151 Å². The van der Waals surface area contributed by atoms with Gasteiger partial charge in [-0.3, -0.25) is 0 Å². The molecule has 52 heavy (non-hydrogen) atoms. The van der Waals surface area contributed by atoms with Crippen molar-refractivity contribution in [2.24, 2.45) is 11.8 Å². The van der Waals surface area contributed by atoms with Crippen LogP contribution in [0.1, 0.15) is 18.1 Å². The van der Waals surface area contributed by atoms with E-state index in [4.69, 9.17) is 0 Å². The highest BCUT2D eigenvalue weighted by molar-refractivity contribution is 6.26. The molecular weight excluding hydrogens is 625 g/mol. The molecule has 0 aromatic heterocycles. The number of aryl methyl sites for hydroxylation is 1. The molecule has 0 fully saturated rings. The van der Waals surface area contributed by atoms with Crippen molar-refractivity contribution in [3.8, 4) is 11.1 Å². The van der Waals surface area contributed by atoms with Crippen molar-refractivity contribution in [3.63, 3.8) is 0 Å². The molecule has 2 aliphatic rings. The number of allylic oxidation sites excluding steroid dienone is 4. The van der Waals surface area contributed by atoms with Gasteiger partial charge in [0.2, 0.25) is 0 Å². The Labute approximate surface area is 303 Å². The molecule has 244 valence electrons. The largest absolute Gasteiger partial charge is 0.0764 e. The predicted octanol–water partition coefficient (Wildman–Crippen LogP) is 12.3. The van der Waals surface area contributed by atoms with Crippen molar-refractivity contribution in [3.05, 3.63) is 191 Å². The van der Waals surface area contributed by atoms with Crippen LogP contribution in [0, 0.1) is 18.8 Å². The molecule has 2 aliphatic carbocycles. The Kier molecular flexibility index (Phi) is 6.31. The Bertz CT molecular complexity index is 3150. The molecular formula is C52H36. The lowest BCUT2D eigenvalue weighted by atomic mass is 9.70. The van der Waals surface area contributed by atoms with E-state index in [1.54, 1.807) is 0 Å². The Balaban J connectivity index is 1.35. The minimum absolute atomic E-state index is 0.266. The fourth-order valence-corrected chi connectivity index (χ4v) is 9.83. The van der Waals surface area contributed by atoms with Gasteiger partial charge in [0, 0.05) is 11.8 Å². The fourth-order valence-electron chi connectivity index (χ4n) is 9.83. The molecule has 2 unspecified atom stereocenters. The lowest BCUT2D eigenvalue weighted by Crippen LogP contribution is -2.39. The van der Waals surface area contributed by atoms with Crippen LogP contribution in [0.5, 0.6) is 0 Å². The summed E-state index contributed by atoms with van der Waals surface area (Å²) < 4.78 is 0. The average Bonchev–Trinajstić information content (AvgIpc) is 3.20. The Morgan fingerprint density at radius 1 is 0.346 bits per heavy atom. The summed E-state index contributed by atoms with van der Waals surface area (Å²) in [6, 6.07) is 55.0. The van der Waals surface area contributed by atoms with Gasteiger partial charge in [-0.2, -0.15) is 0 Å². The second kappa shape index (κ2) is 11.1. The zero-order chi connectivity index (χ0) is 34.5. The summed E-state index contributed by atoms with van der Waals surface area (Å²) >= 11 is 0. The molecule has 2 atom stereocenters. The highest BCUT2D eigenvalue weighted by atomic mass is 14.3. The van der Waals surface area contributed by atoms with Gasteiger partial charge in [0.05, 0.1) is 0 Å². The van der Waals surface area contributed by atoms with Crippen LogP contribution < -0.4 is 10.4 Å². The van der Waals surface area contributed by atoms with E-state index in [-0.39, 0.29) is 5.92 Å². The maximum Gasteiger partial charge on any atom is 0.0134 e. The zero-order valence-corrected chi connectivity index (χ0v) is 29.3. The number of hydrogen-bond donors (Lipinski definition) is 0. The molecule has 9 aromatic carbocycles. The first-order chi connectivity index (χ1) is 25.7. The molecule has 0 aliphatic heterocycles. The average molecular weight is 661 g/mol. The highest BCUT2D eigenvalue weighted by Gasteiger charge is 2.31.